The first-order valence-corrected chi connectivity index (χ1v) is 8.35. The fourth-order valence-electron chi connectivity index (χ4n) is 2.81. The zero-order valence-electron chi connectivity index (χ0n) is 14.1. The quantitative estimate of drug-likeness (QED) is 0.647. The van der Waals surface area contributed by atoms with Crippen molar-refractivity contribution < 1.29 is 9.53 Å². The number of amides is 1. The zero-order valence-corrected chi connectivity index (χ0v) is 15.8. The Balaban J connectivity index is 0.00000156. The molecular weight excluding hydrogens is 363 g/mol. The Bertz CT molecular complexity index is 584. The average Bonchev–Trinajstić information content (AvgIpc) is 2.58. The molecule has 2 aliphatic heterocycles. The Hall–Kier alpha value is -1.50. The number of aryl methyl sites for hydroxylation is 1. The van der Waals surface area contributed by atoms with Crippen LogP contribution in [0.4, 0.5) is 0 Å². The van der Waals surface area contributed by atoms with E-state index in [9.17, 15) is 4.79 Å². The fourth-order valence-corrected chi connectivity index (χ4v) is 2.81. The number of guanidine groups is 1. The number of nitrogens with one attached hydrogen (secondary N) is 3. The Kier molecular flexibility index (Phi) is 9.63. The van der Waals surface area contributed by atoms with Gasteiger partial charge in [0.15, 0.2) is 5.96 Å². The number of benzene rings is 1. The highest BCUT2D eigenvalue weighted by atomic mass is 35.5. The molecular formula is C17H26Cl2N4O2. The van der Waals surface area contributed by atoms with Crippen LogP contribution in [0.1, 0.15) is 24.8 Å². The SMILES string of the molecule is Cl.Cl.O=C1CCN=C(NCCCNCC2CCc3ccccc3O2)N1. The molecule has 6 nitrogen and oxygen atoms in total. The highest BCUT2D eigenvalue weighted by Crippen LogP contribution is 2.26. The molecule has 140 valence electrons. The van der Waals surface area contributed by atoms with Gasteiger partial charge in [0, 0.05) is 19.5 Å². The molecule has 0 bridgehead atoms. The molecule has 0 aromatic heterocycles. The first-order valence-electron chi connectivity index (χ1n) is 8.35. The summed E-state index contributed by atoms with van der Waals surface area (Å²) < 4.78 is 6.00. The molecule has 1 aromatic rings. The molecule has 0 radical (unpaired) electrons. The number of nitrogens with zero attached hydrogens (tertiary/aromatic N) is 1. The van der Waals surface area contributed by atoms with Gasteiger partial charge in [-0.1, -0.05) is 18.2 Å². The van der Waals surface area contributed by atoms with E-state index in [0.717, 1.165) is 44.6 Å². The van der Waals surface area contributed by atoms with E-state index in [1.807, 2.05) is 12.1 Å². The molecule has 8 heteroatoms. The van der Waals surface area contributed by atoms with Gasteiger partial charge in [0.2, 0.25) is 5.91 Å². The number of rotatable bonds is 6. The van der Waals surface area contributed by atoms with E-state index >= 15 is 0 Å². The fraction of sp³-hybridized carbons (Fsp3) is 0.529. The van der Waals surface area contributed by atoms with Crippen molar-refractivity contribution in [2.75, 3.05) is 26.2 Å². The lowest BCUT2D eigenvalue weighted by molar-refractivity contribution is -0.119. The number of hydrogen-bond donors (Lipinski definition) is 3. The summed E-state index contributed by atoms with van der Waals surface area (Å²) in [5, 5.41) is 9.32. The third-order valence-corrected chi connectivity index (χ3v) is 4.06. The molecule has 1 unspecified atom stereocenters. The van der Waals surface area contributed by atoms with Gasteiger partial charge in [0.25, 0.3) is 0 Å². The summed E-state index contributed by atoms with van der Waals surface area (Å²) >= 11 is 0. The lowest BCUT2D eigenvalue weighted by Crippen LogP contribution is -2.44. The molecule has 25 heavy (non-hydrogen) atoms. The van der Waals surface area contributed by atoms with Crippen LogP contribution >= 0.6 is 24.8 Å². The molecule has 0 aliphatic carbocycles. The third-order valence-electron chi connectivity index (χ3n) is 4.06. The van der Waals surface area contributed by atoms with Crippen molar-refractivity contribution in [1.29, 1.82) is 0 Å². The molecule has 3 rings (SSSR count). The van der Waals surface area contributed by atoms with Crippen LogP contribution in [-0.4, -0.2) is 44.1 Å². The number of hydrogen-bond acceptors (Lipinski definition) is 5. The predicted molar refractivity (Wildman–Crippen MR) is 104 cm³/mol. The normalized spacial score (nSPS) is 18.5. The average molecular weight is 389 g/mol. The summed E-state index contributed by atoms with van der Waals surface area (Å²) in [6.07, 6.45) is 3.85. The van der Waals surface area contributed by atoms with Crippen molar-refractivity contribution in [2.24, 2.45) is 4.99 Å². The van der Waals surface area contributed by atoms with Crippen LogP contribution in [0.5, 0.6) is 5.75 Å². The lowest BCUT2D eigenvalue weighted by Gasteiger charge is -2.26. The molecule has 0 saturated heterocycles. The minimum atomic E-state index is 0. The van der Waals surface area contributed by atoms with Gasteiger partial charge in [-0.3, -0.25) is 15.1 Å². The van der Waals surface area contributed by atoms with E-state index in [1.54, 1.807) is 0 Å². The van der Waals surface area contributed by atoms with Gasteiger partial charge >= 0.3 is 0 Å². The summed E-state index contributed by atoms with van der Waals surface area (Å²) in [5.74, 6) is 1.67. The van der Waals surface area contributed by atoms with E-state index in [4.69, 9.17) is 4.74 Å². The van der Waals surface area contributed by atoms with Crippen LogP contribution in [0, 0.1) is 0 Å². The van der Waals surface area contributed by atoms with Crippen molar-refractivity contribution in [3.63, 3.8) is 0 Å². The number of para-hydroxylation sites is 1. The smallest absolute Gasteiger partial charge is 0.228 e. The third kappa shape index (κ3) is 6.72. The van der Waals surface area contributed by atoms with Crippen molar-refractivity contribution in [3.05, 3.63) is 29.8 Å². The molecule has 1 atom stereocenters. The number of carbonyl (C=O) groups excluding carboxylic acids is 1. The van der Waals surface area contributed by atoms with Gasteiger partial charge in [0.05, 0.1) is 6.54 Å². The summed E-state index contributed by atoms with van der Waals surface area (Å²) in [6.45, 7) is 3.15. The molecule has 1 aromatic carbocycles. The van der Waals surface area contributed by atoms with Crippen LogP contribution in [0.25, 0.3) is 0 Å². The van der Waals surface area contributed by atoms with Crippen LogP contribution in [0.2, 0.25) is 0 Å². The molecule has 0 saturated carbocycles. The summed E-state index contributed by atoms with van der Waals surface area (Å²) in [7, 11) is 0. The van der Waals surface area contributed by atoms with Gasteiger partial charge in [-0.25, -0.2) is 0 Å². The maximum atomic E-state index is 11.2. The van der Waals surface area contributed by atoms with Gasteiger partial charge in [0.1, 0.15) is 11.9 Å². The van der Waals surface area contributed by atoms with Crippen molar-refractivity contribution in [3.8, 4) is 5.75 Å². The van der Waals surface area contributed by atoms with Crippen molar-refractivity contribution in [1.82, 2.24) is 16.0 Å². The number of halogens is 2. The standard InChI is InChI=1S/C17H24N4O2.2ClH/c22-16-8-11-20-17(21-16)19-10-3-9-18-12-14-7-6-13-4-1-2-5-15(13)23-14;;/h1-2,4-5,14,18H,3,6-12H2,(H2,19,20,21,22);2*1H. The maximum absolute atomic E-state index is 11.2. The predicted octanol–water partition coefficient (Wildman–Crippen LogP) is 1.67. The van der Waals surface area contributed by atoms with Crippen molar-refractivity contribution in [2.45, 2.75) is 31.8 Å². The molecule has 1 amide bonds. The van der Waals surface area contributed by atoms with E-state index in [-0.39, 0.29) is 36.8 Å². The van der Waals surface area contributed by atoms with Gasteiger partial charge in [-0.05, 0) is 37.4 Å². The second kappa shape index (κ2) is 11.2. The van der Waals surface area contributed by atoms with Crippen LogP contribution in [0.3, 0.4) is 0 Å². The summed E-state index contributed by atoms with van der Waals surface area (Å²) in [5.41, 5.74) is 1.31. The highest BCUT2D eigenvalue weighted by Gasteiger charge is 2.18. The van der Waals surface area contributed by atoms with Crippen molar-refractivity contribution >= 4 is 36.7 Å². The highest BCUT2D eigenvalue weighted by molar-refractivity contribution is 5.98. The van der Waals surface area contributed by atoms with E-state index < -0.39 is 0 Å². The minimum Gasteiger partial charge on any atom is -0.489 e. The molecule has 2 heterocycles. The Morgan fingerprint density at radius 1 is 1.20 bits per heavy atom. The van der Waals surface area contributed by atoms with Crippen LogP contribution < -0.4 is 20.7 Å². The molecule has 0 fully saturated rings. The maximum Gasteiger partial charge on any atom is 0.228 e. The number of fused-ring (bicyclic) bond motifs is 1. The summed E-state index contributed by atoms with van der Waals surface area (Å²) in [4.78, 5) is 15.4. The molecule has 3 N–H and O–H groups in total. The number of aliphatic imine (C=N–C) groups is 1. The Morgan fingerprint density at radius 2 is 2.04 bits per heavy atom. The van der Waals surface area contributed by atoms with Gasteiger partial charge in [-0.15, -0.1) is 24.8 Å². The van der Waals surface area contributed by atoms with Gasteiger partial charge < -0.3 is 15.4 Å². The number of ether oxygens (including phenoxy) is 1. The second-order valence-electron chi connectivity index (χ2n) is 5.90. The number of carbonyl (C=O) groups is 1. The molecule has 2 aliphatic rings. The lowest BCUT2D eigenvalue weighted by atomic mass is 10.0. The zero-order chi connectivity index (χ0) is 15.9. The first-order chi connectivity index (χ1) is 11.3. The van der Waals surface area contributed by atoms with E-state index in [0.29, 0.717) is 18.9 Å². The summed E-state index contributed by atoms with van der Waals surface area (Å²) in [6, 6.07) is 8.27. The van der Waals surface area contributed by atoms with E-state index in [1.165, 1.54) is 5.56 Å². The van der Waals surface area contributed by atoms with E-state index in [2.05, 4.69) is 33.1 Å². The molecule has 0 spiro atoms. The Morgan fingerprint density at radius 3 is 2.88 bits per heavy atom. The monoisotopic (exact) mass is 388 g/mol. The first kappa shape index (κ1) is 21.5. The van der Waals surface area contributed by atoms with Gasteiger partial charge in [-0.2, -0.15) is 0 Å². The minimum absolute atomic E-state index is 0. The van der Waals surface area contributed by atoms with Crippen LogP contribution in [0.15, 0.2) is 29.3 Å². The topological polar surface area (TPSA) is 74.8 Å². The second-order valence-corrected chi connectivity index (χ2v) is 5.90. The largest absolute Gasteiger partial charge is 0.489 e. The Labute approximate surface area is 161 Å². The van der Waals surface area contributed by atoms with Crippen LogP contribution in [-0.2, 0) is 11.2 Å².